The van der Waals surface area contributed by atoms with Crippen LogP contribution in [0.2, 0.25) is 0 Å². The maximum Gasteiger partial charge on any atom is 0.335 e. The number of carbonyl (C=O) groups excluding carboxylic acids is 2. The summed E-state index contributed by atoms with van der Waals surface area (Å²) in [5, 5.41) is 8.94. The summed E-state index contributed by atoms with van der Waals surface area (Å²) < 4.78 is 5.99. The normalized spacial score (nSPS) is 21.3. The smallest absolute Gasteiger partial charge is 0.335 e. The van der Waals surface area contributed by atoms with Gasteiger partial charge in [0.1, 0.15) is 0 Å². The van der Waals surface area contributed by atoms with Gasteiger partial charge in [0.25, 0.3) is 11.8 Å². The lowest BCUT2D eigenvalue weighted by molar-refractivity contribution is 0.0106. The van der Waals surface area contributed by atoms with E-state index < -0.39 is 5.97 Å². The zero-order valence-electron chi connectivity index (χ0n) is 16.0. The Bertz CT molecular complexity index is 894. The van der Waals surface area contributed by atoms with Crippen LogP contribution in [0.4, 0.5) is 0 Å². The molecule has 6 heteroatoms. The highest BCUT2D eigenvalue weighted by Crippen LogP contribution is 2.31. The van der Waals surface area contributed by atoms with E-state index in [1.807, 2.05) is 12.1 Å². The van der Waals surface area contributed by atoms with Gasteiger partial charge in [-0.05, 0) is 61.9 Å². The second-order valence-electron chi connectivity index (χ2n) is 7.58. The van der Waals surface area contributed by atoms with E-state index >= 15 is 0 Å². The number of aromatic carboxylic acids is 1. The molecule has 2 aromatic carbocycles. The number of carboxylic acid groups (broad SMARTS) is 1. The summed E-state index contributed by atoms with van der Waals surface area (Å²) in [6.07, 6.45) is 3.98. The molecule has 1 aliphatic heterocycles. The van der Waals surface area contributed by atoms with Crippen molar-refractivity contribution in [1.29, 1.82) is 0 Å². The lowest BCUT2D eigenvalue weighted by Crippen LogP contribution is -2.43. The predicted molar refractivity (Wildman–Crippen MR) is 106 cm³/mol. The number of hydrogen-bond acceptors (Lipinski definition) is 4. The van der Waals surface area contributed by atoms with Crippen LogP contribution in [-0.2, 0) is 11.2 Å². The van der Waals surface area contributed by atoms with Gasteiger partial charge in [-0.1, -0.05) is 24.3 Å². The van der Waals surface area contributed by atoms with Gasteiger partial charge in [0.2, 0.25) is 0 Å². The number of amides is 2. The summed E-state index contributed by atoms with van der Waals surface area (Å²) in [7, 11) is 0. The van der Waals surface area contributed by atoms with Crippen molar-refractivity contribution in [3.63, 3.8) is 0 Å². The number of rotatable bonds is 6. The number of imide groups is 1. The van der Waals surface area contributed by atoms with E-state index in [2.05, 4.69) is 0 Å². The molecule has 0 spiro atoms. The molecule has 0 saturated heterocycles. The minimum atomic E-state index is -0.928. The number of nitrogens with zero attached hydrogens (tertiary/aromatic N) is 1. The monoisotopic (exact) mass is 393 g/mol. The van der Waals surface area contributed by atoms with Gasteiger partial charge < -0.3 is 9.84 Å². The minimum Gasteiger partial charge on any atom is -0.478 e. The van der Waals surface area contributed by atoms with Crippen LogP contribution in [-0.4, -0.2) is 46.5 Å². The van der Waals surface area contributed by atoms with Gasteiger partial charge in [-0.25, -0.2) is 4.79 Å². The maximum atomic E-state index is 12.6. The average molecular weight is 393 g/mol. The van der Waals surface area contributed by atoms with Crippen LogP contribution in [0.25, 0.3) is 0 Å². The van der Waals surface area contributed by atoms with Gasteiger partial charge in [0, 0.05) is 6.04 Å². The second kappa shape index (κ2) is 8.17. The van der Waals surface area contributed by atoms with E-state index in [0.29, 0.717) is 17.7 Å². The maximum absolute atomic E-state index is 12.6. The third-order valence-corrected chi connectivity index (χ3v) is 5.78. The summed E-state index contributed by atoms with van der Waals surface area (Å²) in [5.41, 5.74) is 2.32. The van der Waals surface area contributed by atoms with E-state index in [1.165, 1.54) is 4.90 Å². The zero-order chi connectivity index (χ0) is 20.4. The van der Waals surface area contributed by atoms with Crippen molar-refractivity contribution in [1.82, 2.24) is 4.90 Å². The molecule has 4 rings (SSSR count). The lowest BCUT2D eigenvalue weighted by atomic mass is 9.92. The Morgan fingerprint density at radius 1 is 0.931 bits per heavy atom. The van der Waals surface area contributed by atoms with E-state index in [-0.39, 0.29) is 29.5 Å². The van der Waals surface area contributed by atoms with Crippen molar-refractivity contribution < 1.29 is 24.2 Å². The zero-order valence-corrected chi connectivity index (χ0v) is 16.0. The van der Waals surface area contributed by atoms with E-state index in [9.17, 15) is 14.4 Å². The molecule has 0 radical (unpaired) electrons. The largest absolute Gasteiger partial charge is 0.478 e. The van der Waals surface area contributed by atoms with Gasteiger partial charge in [-0.2, -0.15) is 0 Å². The van der Waals surface area contributed by atoms with Crippen LogP contribution in [0.1, 0.15) is 62.3 Å². The molecule has 6 nitrogen and oxygen atoms in total. The Labute approximate surface area is 169 Å². The van der Waals surface area contributed by atoms with Crippen molar-refractivity contribution in [2.24, 2.45) is 0 Å². The Morgan fingerprint density at radius 2 is 1.52 bits per heavy atom. The summed E-state index contributed by atoms with van der Waals surface area (Å²) in [6, 6.07) is 13.8. The van der Waals surface area contributed by atoms with Crippen molar-refractivity contribution in [2.75, 3.05) is 6.61 Å². The van der Waals surface area contributed by atoms with Crippen molar-refractivity contribution in [2.45, 2.75) is 44.2 Å². The summed E-state index contributed by atoms with van der Waals surface area (Å²) in [4.78, 5) is 37.6. The van der Waals surface area contributed by atoms with Gasteiger partial charge >= 0.3 is 5.97 Å². The fourth-order valence-electron chi connectivity index (χ4n) is 4.17. The number of fused-ring (bicyclic) bond motifs is 1. The molecule has 2 amide bonds. The average Bonchev–Trinajstić information content (AvgIpc) is 3.00. The molecule has 2 aromatic rings. The van der Waals surface area contributed by atoms with Crippen molar-refractivity contribution in [3.8, 4) is 0 Å². The quantitative estimate of drug-likeness (QED) is 0.759. The fourth-order valence-corrected chi connectivity index (χ4v) is 4.17. The molecule has 29 heavy (non-hydrogen) atoms. The van der Waals surface area contributed by atoms with Gasteiger partial charge in [0.05, 0.1) is 29.4 Å². The van der Waals surface area contributed by atoms with Crippen LogP contribution in [0, 0.1) is 0 Å². The number of ether oxygens (including phenoxy) is 1. The molecule has 0 atom stereocenters. The number of benzene rings is 2. The van der Waals surface area contributed by atoms with Crippen molar-refractivity contribution >= 4 is 17.8 Å². The topological polar surface area (TPSA) is 83.9 Å². The Kier molecular flexibility index (Phi) is 5.45. The molecule has 1 N–H and O–H groups in total. The SMILES string of the molecule is O=C(O)c1ccc(CCOC2CCC(N3C(=O)c4ccccc4C3=O)CC2)cc1. The highest BCUT2D eigenvalue weighted by Gasteiger charge is 2.40. The Morgan fingerprint density at radius 3 is 2.07 bits per heavy atom. The summed E-state index contributed by atoms with van der Waals surface area (Å²) >= 11 is 0. The predicted octanol–water partition coefficient (Wildman–Crippen LogP) is 3.55. The first-order chi connectivity index (χ1) is 14.0. The molecule has 1 fully saturated rings. The number of carboxylic acids is 1. The first-order valence-corrected chi connectivity index (χ1v) is 9.95. The molecular formula is C23H23NO5. The molecule has 0 unspecified atom stereocenters. The van der Waals surface area contributed by atoms with Crippen molar-refractivity contribution in [3.05, 3.63) is 70.8 Å². The first kappa shape index (κ1) is 19.3. The molecule has 150 valence electrons. The molecule has 2 aliphatic rings. The third-order valence-electron chi connectivity index (χ3n) is 5.78. The van der Waals surface area contributed by atoms with Gasteiger partial charge in [0.15, 0.2) is 0 Å². The van der Waals surface area contributed by atoms with Crippen LogP contribution >= 0.6 is 0 Å². The van der Waals surface area contributed by atoms with E-state index in [0.717, 1.165) is 37.7 Å². The molecule has 1 aliphatic carbocycles. The first-order valence-electron chi connectivity index (χ1n) is 9.95. The Hall–Kier alpha value is -2.99. The van der Waals surface area contributed by atoms with Crippen LogP contribution in [0.3, 0.4) is 0 Å². The van der Waals surface area contributed by atoms with Crippen LogP contribution < -0.4 is 0 Å². The molecule has 1 heterocycles. The molecular weight excluding hydrogens is 370 g/mol. The van der Waals surface area contributed by atoms with Gasteiger partial charge in [-0.15, -0.1) is 0 Å². The summed E-state index contributed by atoms with van der Waals surface area (Å²) in [5.74, 6) is -1.29. The van der Waals surface area contributed by atoms with E-state index in [1.54, 1.807) is 36.4 Å². The highest BCUT2D eigenvalue weighted by molar-refractivity contribution is 6.21. The summed E-state index contributed by atoms with van der Waals surface area (Å²) in [6.45, 7) is 0.564. The number of carbonyl (C=O) groups is 3. The van der Waals surface area contributed by atoms with Gasteiger partial charge in [-0.3, -0.25) is 14.5 Å². The number of hydrogen-bond donors (Lipinski definition) is 1. The third kappa shape index (κ3) is 3.93. The van der Waals surface area contributed by atoms with Crippen LogP contribution in [0.15, 0.2) is 48.5 Å². The highest BCUT2D eigenvalue weighted by atomic mass is 16.5. The minimum absolute atomic E-state index is 0.0641. The second-order valence-corrected chi connectivity index (χ2v) is 7.58. The molecule has 0 bridgehead atoms. The standard InChI is InChI=1S/C23H23NO5/c25-21-19-3-1-2-4-20(19)22(26)24(21)17-9-11-18(12-10-17)29-14-13-15-5-7-16(8-6-15)23(27)28/h1-8,17-18H,9-14H2,(H,27,28). The van der Waals surface area contributed by atoms with E-state index in [4.69, 9.17) is 9.84 Å². The lowest BCUT2D eigenvalue weighted by Gasteiger charge is -2.33. The van der Waals surface area contributed by atoms with Crippen LogP contribution in [0.5, 0.6) is 0 Å². The molecule has 1 saturated carbocycles. The fraction of sp³-hybridized carbons (Fsp3) is 0.348. The molecule has 0 aromatic heterocycles. The Balaban J connectivity index is 1.25.